The van der Waals surface area contributed by atoms with Crippen molar-refractivity contribution in [1.29, 1.82) is 0 Å². The number of piperidine rings is 1. The Hall–Kier alpha value is -2.04. The number of aromatic nitrogens is 3. The van der Waals surface area contributed by atoms with Gasteiger partial charge in [0.05, 0.1) is 6.20 Å². The number of nitrogens with one attached hydrogen (secondary N) is 1. The zero-order valence-corrected chi connectivity index (χ0v) is 11.1. The molecule has 1 aliphatic rings. The largest absolute Gasteiger partial charge is 0.357 e. The molecule has 0 aliphatic carbocycles. The van der Waals surface area contributed by atoms with Gasteiger partial charge in [-0.3, -0.25) is 9.48 Å². The normalized spacial score (nSPS) is 15.7. The van der Waals surface area contributed by atoms with E-state index in [9.17, 15) is 4.79 Å². The van der Waals surface area contributed by atoms with Crippen molar-refractivity contribution < 1.29 is 4.79 Å². The van der Waals surface area contributed by atoms with E-state index in [0.29, 0.717) is 5.69 Å². The Kier molecular flexibility index (Phi) is 3.11. The molecular formula is C14H18N4O. The van der Waals surface area contributed by atoms with Crippen LogP contribution in [-0.2, 0) is 7.05 Å². The Morgan fingerprint density at radius 3 is 2.74 bits per heavy atom. The highest BCUT2D eigenvalue weighted by Gasteiger charge is 2.19. The van der Waals surface area contributed by atoms with E-state index in [4.69, 9.17) is 0 Å². The summed E-state index contributed by atoms with van der Waals surface area (Å²) in [5, 5.41) is 4.14. The molecule has 1 fully saturated rings. The van der Waals surface area contributed by atoms with Crippen LogP contribution in [0, 0.1) is 0 Å². The van der Waals surface area contributed by atoms with E-state index in [1.807, 2.05) is 30.4 Å². The van der Waals surface area contributed by atoms with E-state index < -0.39 is 0 Å². The first-order chi connectivity index (χ1) is 9.24. The molecule has 0 unspecified atom stereocenters. The molecule has 0 bridgehead atoms. The van der Waals surface area contributed by atoms with Crippen molar-refractivity contribution in [2.24, 2.45) is 7.05 Å². The first-order valence-corrected chi connectivity index (χ1v) is 6.71. The zero-order chi connectivity index (χ0) is 13.2. The maximum atomic E-state index is 12.3. The Morgan fingerprint density at radius 2 is 2.05 bits per heavy atom. The standard InChI is InChI=1S/C14H18N4O/c1-17-10-12(9-16-17)11-7-13(15-8-11)14(19)18-5-3-2-4-6-18/h7-10,15H,2-6H2,1H3. The molecule has 3 rings (SSSR count). The van der Waals surface area contributed by atoms with Crippen LogP contribution in [0.4, 0.5) is 0 Å². The predicted molar refractivity (Wildman–Crippen MR) is 72.7 cm³/mol. The van der Waals surface area contributed by atoms with Gasteiger partial charge in [-0.05, 0) is 25.3 Å². The van der Waals surface area contributed by atoms with Crippen LogP contribution in [0.2, 0.25) is 0 Å². The Balaban J connectivity index is 1.79. The molecule has 5 heteroatoms. The summed E-state index contributed by atoms with van der Waals surface area (Å²) < 4.78 is 1.76. The lowest BCUT2D eigenvalue weighted by Crippen LogP contribution is -2.35. The molecular weight excluding hydrogens is 240 g/mol. The third kappa shape index (κ3) is 2.41. The lowest BCUT2D eigenvalue weighted by atomic mass is 10.1. The van der Waals surface area contributed by atoms with Gasteiger partial charge in [0.2, 0.25) is 0 Å². The van der Waals surface area contributed by atoms with Crippen LogP contribution in [-0.4, -0.2) is 38.7 Å². The summed E-state index contributed by atoms with van der Waals surface area (Å²) in [6.07, 6.45) is 9.07. The SMILES string of the molecule is Cn1cc(-c2c[nH]c(C(=O)N3CCCCC3)c2)cn1. The molecule has 0 atom stereocenters. The average molecular weight is 258 g/mol. The maximum Gasteiger partial charge on any atom is 0.270 e. The fourth-order valence-electron chi connectivity index (χ4n) is 2.52. The summed E-state index contributed by atoms with van der Waals surface area (Å²) in [6.45, 7) is 1.75. The van der Waals surface area contributed by atoms with Gasteiger partial charge in [0.15, 0.2) is 0 Å². The molecule has 0 aromatic carbocycles. The third-order valence-electron chi connectivity index (χ3n) is 3.59. The fraction of sp³-hybridized carbons (Fsp3) is 0.429. The van der Waals surface area contributed by atoms with E-state index in [0.717, 1.165) is 37.1 Å². The van der Waals surface area contributed by atoms with E-state index >= 15 is 0 Å². The van der Waals surface area contributed by atoms with Crippen LogP contribution in [0.5, 0.6) is 0 Å². The number of hydrogen-bond acceptors (Lipinski definition) is 2. The fourth-order valence-corrected chi connectivity index (χ4v) is 2.52. The van der Waals surface area contributed by atoms with Crippen molar-refractivity contribution in [2.75, 3.05) is 13.1 Å². The number of aromatic amines is 1. The Bertz CT molecular complexity index is 578. The topological polar surface area (TPSA) is 53.9 Å². The molecule has 1 N–H and O–H groups in total. The van der Waals surface area contributed by atoms with Crippen molar-refractivity contribution in [3.63, 3.8) is 0 Å². The lowest BCUT2D eigenvalue weighted by molar-refractivity contribution is 0.0719. The highest BCUT2D eigenvalue weighted by Crippen LogP contribution is 2.21. The summed E-state index contributed by atoms with van der Waals surface area (Å²) in [5.74, 6) is 0.106. The maximum absolute atomic E-state index is 12.3. The first kappa shape index (κ1) is 12.0. The summed E-state index contributed by atoms with van der Waals surface area (Å²) in [6, 6.07) is 1.91. The molecule has 1 amide bonds. The third-order valence-corrected chi connectivity index (χ3v) is 3.59. The predicted octanol–water partition coefficient (Wildman–Crippen LogP) is 2.04. The van der Waals surface area contributed by atoms with Crippen LogP contribution >= 0.6 is 0 Å². The van der Waals surface area contributed by atoms with Crippen LogP contribution in [0.15, 0.2) is 24.7 Å². The quantitative estimate of drug-likeness (QED) is 0.896. The van der Waals surface area contributed by atoms with Crippen LogP contribution in [0.25, 0.3) is 11.1 Å². The molecule has 19 heavy (non-hydrogen) atoms. The number of hydrogen-bond donors (Lipinski definition) is 1. The van der Waals surface area contributed by atoms with Crippen LogP contribution in [0.3, 0.4) is 0 Å². The van der Waals surface area contributed by atoms with Gasteiger partial charge in [-0.15, -0.1) is 0 Å². The van der Waals surface area contributed by atoms with Gasteiger partial charge in [0.1, 0.15) is 5.69 Å². The Morgan fingerprint density at radius 1 is 1.26 bits per heavy atom. The van der Waals surface area contributed by atoms with E-state index in [-0.39, 0.29) is 5.91 Å². The Labute approximate surface area is 112 Å². The average Bonchev–Trinajstić information content (AvgIpc) is 3.07. The van der Waals surface area contributed by atoms with Crippen molar-refractivity contribution in [2.45, 2.75) is 19.3 Å². The number of likely N-dealkylation sites (tertiary alicyclic amines) is 1. The van der Waals surface area contributed by atoms with E-state index in [2.05, 4.69) is 10.1 Å². The summed E-state index contributed by atoms with van der Waals surface area (Å²) in [7, 11) is 1.88. The van der Waals surface area contributed by atoms with Gasteiger partial charge in [-0.25, -0.2) is 0 Å². The van der Waals surface area contributed by atoms with Gasteiger partial charge < -0.3 is 9.88 Å². The van der Waals surface area contributed by atoms with Crippen molar-refractivity contribution in [1.82, 2.24) is 19.7 Å². The first-order valence-electron chi connectivity index (χ1n) is 6.71. The molecule has 3 heterocycles. The molecule has 1 saturated heterocycles. The molecule has 5 nitrogen and oxygen atoms in total. The van der Waals surface area contributed by atoms with Crippen LogP contribution < -0.4 is 0 Å². The summed E-state index contributed by atoms with van der Waals surface area (Å²) in [5.41, 5.74) is 2.70. The minimum Gasteiger partial charge on any atom is -0.357 e. The molecule has 0 radical (unpaired) electrons. The van der Waals surface area contributed by atoms with Crippen molar-refractivity contribution in [3.8, 4) is 11.1 Å². The number of rotatable bonds is 2. The molecule has 0 spiro atoms. The number of nitrogens with zero attached hydrogens (tertiary/aromatic N) is 3. The van der Waals surface area contributed by atoms with Gasteiger partial charge in [0.25, 0.3) is 5.91 Å². The second-order valence-electron chi connectivity index (χ2n) is 5.06. The van der Waals surface area contributed by atoms with E-state index in [1.54, 1.807) is 10.9 Å². The number of aryl methyl sites for hydroxylation is 1. The number of amides is 1. The van der Waals surface area contributed by atoms with Gasteiger partial charge in [-0.2, -0.15) is 5.10 Å². The van der Waals surface area contributed by atoms with Crippen LogP contribution in [0.1, 0.15) is 29.8 Å². The van der Waals surface area contributed by atoms with E-state index in [1.165, 1.54) is 6.42 Å². The molecule has 100 valence electrons. The number of H-pyrrole nitrogens is 1. The molecule has 2 aromatic heterocycles. The minimum absolute atomic E-state index is 0.106. The second-order valence-corrected chi connectivity index (χ2v) is 5.06. The number of carbonyl (C=O) groups excluding carboxylic acids is 1. The smallest absolute Gasteiger partial charge is 0.270 e. The number of carbonyl (C=O) groups is 1. The monoisotopic (exact) mass is 258 g/mol. The molecule has 1 aliphatic heterocycles. The highest BCUT2D eigenvalue weighted by molar-refractivity contribution is 5.94. The van der Waals surface area contributed by atoms with Gasteiger partial charge in [0, 0.05) is 43.7 Å². The highest BCUT2D eigenvalue weighted by atomic mass is 16.2. The minimum atomic E-state index is 0.106. The van der Waals surface area contributed by atoms with Crippen molar-refractivity contribution >= 4 is 5.91 Å². The molecule has 2 aromatic rings. The second kappa shape index (κ2) is 4.91. The summed E-state index contributed by atoms with van der Waals surface area (Å²) >= 11 is 0. The van der Waals surface area contributed by atoms with Gasteiger partial charge >= 0.3 is 0 Å². The lowest BCUT2D eigenvalue weighted by Gasteiger charge is -2.26. The summed E-state index contributed by atoms with van der Waals surface area (Å²) in [4.78, 5) is 17.3. The van der Waals surface area contributed by atoms with Gasteiger partial charge in [-0.1, -0.05) is 0 Å². The van der Waals surface area contributed by atoms with Crippen molar-refractivity contribution in [3.05, 3.63) is 30.4 Å². The molecule has 0 saturated carbocycles. The zero-order valence-electron chi connectivity index (χ0n) is 11.1.